The number of hydrogen-bond acceptors (Lipinski definition) is 7. The van der Waals surface area contributed by atoms with Gasteiger partial charge in [-0.25, -0.2) is 9.80 Å². The molecule has 1 amide bonds. The lowest BCUT2D eigenvalue weighted by molar-refractivity contribution is -0.138. The Bertz CT molecular complexity index is 1150. The number of nitrogens with zero attached hydrogens (tertiary/aromatic N) is 2. The summed E-state index contributed by atoms with van der Waals surface area (Å²) < 4.78 is 10.6. The van der Waals surface area contributed by atoms with Crippen molar-refractivity contribution in [3.05, 3.63) is 71.1 Å². The predicted molar refractivity (Wildman–Crippen MR) is 119 cm³/mol. The molecule has 164 valence electrons. The second-order valence-corrected chi connectivity index (χ2v) is 7.23. The number of benzene rings is 2. The smallest absolute Gasteiger partial charge is 0.338 e. The molecule has 0 spiro atoms. The minimum atomic E-state index is -0.802. The summed E-state index contributed by atoms with van der Waals surface area (Å²) in [5.41, 5.74) is 1.91. The Balaban J connectivity index is 1.98. The summed E-state index contributed by atoms with van der Waals surface area (Å²) >= 11 is 0. The molecule has 0 aliphatic carbocycles. The fourth-order valence-electron chi connectivity index (χ4n) is 3.86. The summed E-state index contributed by atoms with van der Waals surface area (Å²) in [5.74, 6) is -1.16. The van der Waals surface area contributed by atoms with E-state index in [0.717, 1.165) is 0 Å². The number of ketones is 1. The maximum Gasteiger partial charge on any atom is 0.338 e. The van der Waals surface area contributed by atoms with Gasteiger partial charge in [0.05, 0.1) is 36.5 Å². The molecule has 2 aromatic carbocycles. The summed E-state index contributed by atoms with van der Waals surface area (Å²) in [6.07, 6.45) is 0.207. The highest BCUT2D eigenvalue weighted by atomic mass is 16.5. The number of carbonyl (C=O) groups excluding carboxylic acids is 3. The van der Waals surface area contributed by atoms with E-state index in [0.29, 0.717) is 22.6 Å². The number of carbonyl (C=O) groups is 3. The van der Waals surface area contributed by atoms with Crippen molar-refractivity contribution in [2.75, 3.05) is 18.7 Å². The van der Waals surface area contributed by atoms with Crippen molar-refractivity contribution >= 4 is 29.1 Å². The number of ether oxygens (including phenoxy) is 2. The molecule has 2 aliphatic rings. The maximum atomic E-state index is 13.2. The molecule has 0 saturated heterocycles. The molecule has 0 aromatic heterocycles. The first-order valence-corrected chi connectivity index (χ1v) is 10.4. The first-order valence-electron chi connectivity index (χ1n) is 10.4. The molecule has 32 heavy (non-hydrogen) atoms. The molecular formula is C24H23N3O5. The van der Waals surface area contributed by atoms with Gasteiger partial charge >= 0.3 is 5.97 Å². The maximum absolute atomic E-state index is 13.2. The van der Waals surface area contributed by atoms with Crippen LogP contribution in [0.25, 0.3) is 0 Å². The van der Waals surface area contributed by atoms with E-state index in [4.69, 9.17) is 9.47 Å². The van der Waals surface area contributed by atoms with Crippen LogP contribution in [-0.4, -0.2) is 37.1 Å². The molecule has 0 fully saturated rings. The van der Waals surface area contributed by atoms with Crippen LogP contribution in [0.1, 0.15) is 42.1 Å². The molecule has 0 radical (unpaired) electrons. The lowest BCUT2D eigenvalue weighted by atomic mass is 9.83. The summed E-state index contributed by atoms with van der Waals surface area (Å²) in [7, 11) is 1.56. The number of nitrogens with one attached hydrogen (secondary N) is 1. The monoisotopic (exact) mass is 433 g/mol. The van der Waals surface area contributed by atoms with E-state index in [1.54, 1.807) is 69.5 Å². The molecule has 1 N–H and O–H groups in total. The van der Waals surface area contributed by atoms with E-state index in [9.17, 15) is 14.4 Å². The highest BCUT2D eigenvalue weighted by molar-refractivity contribution is 6.44. The number of methoxy groups -OCH3 is 1. The average Bonchev–Trinajstić information content (AvgIpc) is 2.83. The molecule has 2 aliphatic heterocycles. The van der Waals surface area contributed by atoms with Crippen molar-refractivity contribution < 1.29 is 23.9 Å². The third-order valence-corrected chi connectivity index (χ3v) is 5.40. The van der Waals surface area contributed by atoms with Crippen molar-refractivity contribution in [1.82, 2.24) is 5.32 Å². The number of fused-ring (bicyclic) bond motifs is 3. The van der Waals surface area contributed by atoms with Crippen LogP contribution >= 0.6 is 0 Å². The van der Waals surface area contributed by atoms with Gasteiger partial charge in [-0.1, -0.05) is 31.2 Å². The zero-order chi connectivity index (χ0) is 22.8. The van der Waals surface area contributed by atoms with E-state index in [2.05, 4.69) is 10.4 Å². The number of hydrazone groups is 1. The van der Waals surface area contributed by atoms with Gasteiger partial charge in [0.25, 0.3) is 5.91 Å². The van der Waals surface area contributed by atoms with Crippen LogP contribution in [0.3, 0.4) is 0 Å². The fourth-order valence-corrected chi connectivity index (χ4v) is 3.86. The number of hydrogen-bond donors (Lipinski definition) is 1. The summed E-state index contributed by atoms with van der Waals surface area (Å²) in [6, 6.07) is 13.9. The molecular weight excluding hydrogens is 410 g/mol. The predicted octanol–water partition coefficient (Wildman–Crippen LogP) is 3.15. The van der Waals surface area contributed by atoms with E-state index in [-0.39, 0.29) is 41.8 Å². The highest BCUT2D eigenvalue weighted by Gasteiger charge is 2.43. The van der Waals surface area contributed by atoms with Gasteiger partial charge in [-0.15, -0.1) is 0 Å². The van der Waals surface area contributed by atoms with E-state index in [1.807, 2.05) is 0 Å². The Kier molecular flexibility index (Phi) is 5.77. The third-order valence-electron chi connectivity index (χ3n) is 5.40. The topological polar surface area (TPSA) is 97.3 Å². The number of rotatable bonds is 6. The number of amides is 1. The van der Waals surface area contributed by atoms with Gasteiger partial charge in [0.15, 0.2) is 5.78 Å². The van der Waals surface area contributed by atoms with Gasteiger partial charge in [0.2, 0.25) is 0 Å². The standard InChI is InChI=1S/C24H23N3O5/c1-4-18(28)21-19(14-10-12-15(31-3)13-11-14)20(24(30)32-5-2)22-25-23(29)16-8-6-7-9-17(16)27(22)26-21/h6-13,19H,4-5H2,1-3H3,(H,25,29). The molecule has 0 bridgehead atoms. The molecule has 8 heteroatoms. The number of para-hydroxylation sites is 1. The van der Waals surface area contributed by atoms with Crippen molar-refractivity contribution in [3.8, 4) is 5.75 Å². The van der Waals surface area contributed by atoms with E-state index in [1.165, 1.54) is 5.01 Å². The Morgan fingerprint density at radius 3 is 2.47 bits per heavy atom. The van der Waals surface area contributed by atoms with Crippen molar-refractivity contribution in [3.63, 3.8) is 0 Å². The third kappa shape index (κ3) is 3.53. The molecule has 0 saturated carbocycles. The quantitative estimate of drug-likeness (QED) is 0.703. The zero-order valence-electron chi connectivity index (χ0n) is 18.0. The van der Waals surface area contributed by atoms with Crippen LogP contribution in [0.4, 0.5) is 5.69 Å². The minimum Gasteiger partial charge on any atom is -0.497 e. The van der Waals surface area contributed by atoms with Crippen molar-refractivity contribution in [1.29, 1.82) is 0 Å². The lowest BCUT2D eigenvalue weighted by Crippen LogP contribution is -2.46. The number of Topliss-reactive ketones (excluding diaryl/α,β-unsaturated/α-hetero) is 1. The molecule has 8 nitrogen and oxygen atoms in total. The first kappa shape index (κ1) is 21.3. The Morgan fingerprint density at radius 2 is 1.81 bits per heavy atom. The lowest BCUT2D eigenvalue weighted by Gasteiger charge is -2.37. The second kappa shape index (κ2) is 8.66. The van der Waals surface area contributed by atoms with Crippen LogP contribution in [0, 0.1) is 0 Å². The van der Waals surface area contributed by atoms with Crippen LogP contribution in [0.15, 0.2) is 65.0 Å². The second-order valence-electron chi connectivity index (χ2n) is 7.23. The molecule has 1 atom stereocenters. The summed E-state index contributed by atoms with van der Waals surface area (Å²) in [4.78, 5) is 39.0. The number of anilines is 1. The normalized spacial score (nSPS) is 17.1. The molecule has 1 unspecified atom stereocenters. The Morgan fingerprint density at radius 1 is 1.09 bits per heavy atom. The molecule has 2 heterocycles. The first-order chi connectivity index (χ1) is 15.5. The van der Waals surface area contributed by atoms with Gasteiger partial charge in [-0.05, 0) is 36.8 Å². The Hall–Kier alpha value is -3.94. The summed E-state index contributed by atoms with van der Waals surface area (Å²) in [5, 5.41) is 8.87. The van der Waals surface area contributed by atoms with Gasteiger partial charge in [-0.2, -0.15) is 5.10 Å². The zero-order valence-corrected chi connectivity index (χ0v) is 18.0. The Labute approximate surface area is 185 Å². The highest BCUT2D eigenvalue weighted by Crippen LogP contribution is 2.40. The van der Waals surface area contributed by atoms with Crippen LogP contribution in [0.5, 0.6) is 5.75 Å². The van der Waals surface area contributed by atoms with Gasteiger partial charge < -0.3 is 14.8 Å². The number of esters is 1. The van der Waals surface area contributed by atoms with Gasteiger partial charge in [0, 0.05) is 6.42 Å². The van der Waals surface area contributed by atoms with Gasteiger partial charge in [-0.3, -0.25) is 9.59 Å². The van der Waals surface area contributed by atoms with Crippen LogP contribution in [0.2, 0.25) is 0 Å². The minimum absolute atomic E-state index is 0.143. The van der Waals surface area contributed by atoms with E-state index >= 15 is 0 Å². The molecule has 4 rings (SSSR count). The van der Waals surface area contributed by atoms with Crippen LogP contribution in [-0.2, 0) is 14.3 Å². The molecule has 2 aromatic rings. The van der Waals surface area contributed by atoms with Crippen LogP contribution < -0.4 is 15.1 Å². The van der Waals surface area contributed by atoms with Crippen molar-refractivity contribution in [2.45, 2.75) is 26.2 Å². The van der Waals surface area contributed by atoms with E-state index < -0.39 is 11.9 Å². The fraction of sp³-hybridized carbons (Fsp3) is 0.250. The largest absolute Gasteiger partial charge is 0.497 e. The van der Waals surface area contributed by atoms with Crippen molar-refractivity contribution in [2.24, 2.45) is 5.10 Å². The summed E-state index contributed by atoms with van der Waals surface area (Å²) in [6.45, 7) is 3.59. The van der Waals surface area contributed by atoms with Gasteiger partial charge in [0.1, 0.15) is 17.3 Å². The average molecular weight is 433 g/mol. The SMILES string of the molecule is CCOC(=O)C1=C2NC(=O)c3ccccc3N2N=C(C(=O)CC)C1c1ccc(OC)cc1.